The van der Waals surface area contributed by atoms with Crippen LogP contribution in [0.5, 0.6) is 0 Å². The molecule has 144 valence electrons. The summed E-state index contributed by atoms with van der Waals surface area (Å²) >= 11 is 1.39. The third-order valence-electron chi connectivity index (χ3n) is 3.93. The Morgan fingerprint density at radius 2 is 2.00 bits per heavy atom. The van der Waals surface area contributed by atoms with Gasteiger partial charge in [-0.1, -0.05) is 30.3 Å². The van der Waals surface area contributed by atoms with Crippen molar-refractivity contribution in [2.24, 2.45) is 5.73 Å². The zero-order valence-electron chi connectivity index (χ0n) is 14.8. The van der Waals surface area contributed by atoms with Crippen molar-refractivity contribution in [3.05, 3.63) is 75.3 Å². The number of amides is 2. The number of nitro benzene ring substituents is 1. The average molecular weight is 398 g/mol. The second-order valence-corrected chi connectivity index (χ2v) is 6.85. The number of non-ortho nitro benzene ring substituents is 1. The molecular weight excluding hydrogens is 380 g/mol. The molecule has 0 aliphatic carbocycles. The van der Waals surface area contributed by atoms with Gasteiger partial charge in [-0.05, 0) is 17.2 Å². The average Bonchev–Trinajstić information content (AvgIpc) is 2.69. The van der Waals surface area contributed by atoms with Crippen LogP contribution in [0.25, 0.3) is 0 Å². The molecule has 0 radical (unpaired) electrons. The van der Waals surface area contributed by atoms with Gasteiger partial charge in [0.25, 0.3) is 5.69 Å². The lowest BCUT2D eigenvalue weighted by molar-refractivity contribution is -0.384. The van der Waals surface area contributed by atoms with Crippen molar-refractivity contribution in [3.63, 3.8) is 0 Å². The molecule has 0 aliphatic heterocycles. The number of carbonyl (C=O) groups excluding carboxylic acids is 2. The van der Waals surface area contributed by atoms with Crippen LogP contribution < -0.4 is 11.1 Å². The van der Waals surface area contributed by atoms with Crippen LogP contribution in [0.1, 0.15) is 27.4 Å². The first kappa shape index (κ1) is 20.9. The number of nitrogens with zero attached hydrogens (tertiary/aromatic N) is 2. The normalized spacial score (nSPS) is 11.2. The molecule has 1 atom stereocenters. The van der Waals surface area contributed by atoms with Gasteiger partial charge in [0.15, 0.2) is 0 Å². The van der Waals surface area contributed by atoms with Crippen LogP contribution in [-0.4, -0.2) is 29.0 Å². The van der Waals surface area contributed by atoms with Gasteiger partial charge in [0.05, 0.1) is 16.9 Å². The molecule has 2 amide bonds. The Morgan fingerprint density at radius 1 is 1.25 bits per heavy atom. The van der Waals surface area contributed by atoms with E-state index in [9.17, 15) is 19.7 Å². The van der Waals surface area contributed by atoms with E-state index in [0.717, 1.165) is 5.56 Å². The fourth-order valence-corrected chi connectivity index (χ4v) is 3.74. The van der Waals surface area contributed by atoms with Gasteiger partial charge >= 0.3 is 0 Å². The predicted octanol–water partition coefficient (Wildman–Crippen LogP) is 2.35. The Bertz CT molecular complexity index is 926. The molecule has 2 rings (SSSR count). The van der Waals surface area contributed by atoms with Crippen LogP contribution in [-0.2, 0) is 10.5 Å². The molecule has 0 saturated heterocycles. The number of carbonyl (C=O) groups is 2. The van der Waals surface area contributed by atoms with Crippen molar-refractivity contribution in [2.45, 2.75) is 11.7 Å². The summed E-state index contributed by atoms with van der Waals surface area (Å²) in [6, 6.07) is 14.7. The number of nitrogens with one attached hydrogen (secondary N) is 1. The Labute approximate surface area is 165 Å². The number of nitriles is 1. The predicted molar refractivity (Wildman–Crippen MR) is 106 cm³/mol. The van der Waals surface area contributed by atoms with E-state index in [1.165, 1.54) is 23.9 Å². The molecule has 2 aromatic carbocycles. The minimum atomic E-state index is -0.694. The Kier molecular flexibility index (Phi) is 7.54. The molecule has 0 spiro atoms. The highest BCUT2D eigenvalue weighted by Crippen LogP contribution is 2.27. The zero-order chi connectivity index (χ0) is 20.5. The molecule has 0 fully saturated rings. The van der Waals surface area contributed by atoms with Gasteiger partial charge in [-0.15, -0.1) is 0 Å². The summed E-state index contributed by atoms with van der Waals surface area (Å²) in [5.74, 6) is -0.966. The number of primary amides is 1. The van der Waals surface area contributed by atoms with Crippen molar-refractivity contribution in [1.29, 1.82) is 5.26 Å². The molecule has 8 nitrogen and oxygen atoms in total. The van der Waals surface area contributed by atoms with E-state index >= 15 is 0 Å². The molecule has 9 heteroatoms. The molecule has 28 heavy (non-hydrogen) atoms. The summed E-state index contributed by atoms with van der Waals surface area (Å²) in [5.41, 5.74) is 6.90. The summed E-state index contributed by atoms with van der Waals surface area (Å²) < 4.78 is 0. The van der Waals surface area contributed by atoms with E-state index in [-0.39, 0.29) is 23.7 Å². The first-order valence-electron chi connectivity index (χ1n) is 8.28. The summed E-state index contributed by atoms with van der Waals surface area (Å²) in [4.78, 5) is 34.7. The summed E-state index contributed by atoms with van der Waals surface area (Å²) in [7, 11) is 0. The summed E-state index contributed by atoms with van der Waals surface area (Å²) in [6.07, 6.45) is 0. The smallest absolute Gasteiger partial charge is 0.269 e. The minimum Gasteiger partial charge on any atom is -0.366 e. The number of benzene rings is 2. The maximum atomic E-state index is 12.5. The van der Waals surface area contributed by atoms with Crippen molar-refractivity contribution in [3.8, 4) is 6.07 Å². The first-order chi connectivity index (χ1) is 13.4. The molecule has 0 heterocycles. The van der Waals surface area contributed by atoms with Crippen LogP contribution in [0.3, 0.4) is 0 Å². The van der Waals surface area contributed by atoms with Crippen LogP contribution in [0.15, 0.2) is 48.5 Å². The van der Waals surface area contributed by atoms with E-state index < -0.39 is 16.7 Å². The van der Waals surface area contributed by atoms with Crippen molar-refractivity contribution < 1.29 is 14.5 Å². The number of nitrogens with two attached hydrogens (primary N) is 1. The molecule has 0 aliphatic rings. The van der Waals surface area contributed by atoms with Crippen LogP contribution in [0.4, 0.5) is 5.69 Å². The minimum absolute atomic E-state index is 0.000451. The zero-order valence-corrected chi connectivity index (χ0v) is 15.6. The Hall–Kier alpha value is -3.38. The molecule has 2 aromatic rings. The standard InChI is InChI=1S/C19H18N4O4S/c20-8-9-22-19(25)17(15-6-1-2-7-16(15)18(21)24)12-28-11-13-4-3-5-14(10-13)23(26)27/h1-7,10,17H,9,11-12H2,(H2,21,24)(H,22,25). The topological polar surface area (TPSA) is 139 Å². The van der Waals surface area contributed by atoms with Crippen molar-refractivity contribution in [2.75, 3.05) is 12.3 Å². The van der Waals surface area contributed by atoms with E-state index in [0.29, 0.717) is 17.1 Å². The van der Waals surface area contributed by atoms with E-state index in [2.05, 4.69) is 5.32 Å². The Morgan fingerprint density at radius 3 is 2.68 bits per heavy atom. The van der Waals surface area contributed by atoms with Gasteiger partial charge in [-0.2, -0.15) is 17.0 Å². The summed E-state index contributed by atoms with van der Waals surface area (Å²) in [5, 5.41) is 22.1. The molecule has 0 aromatic heterocycles. The van der Waals surface area contributed by atoms with Gasteiger partial charge < -0.3 is 11.1 Å². The van der Waals surface area contributed by atoms with Gasteiger partial charge in [0.1, 0.15) is 6.54 Å². The second-order valence-electron chi connectivity index (χ2n) is 5.82. The molecular formula is C19H18N4O4S. The lowest BCUT2D eigenvalue weighted by atomic mass is 9.94. The van der Waals surface area contributed by atoms with Gasteiger partial charge in [-0.3, -0.25) is 19.7 Å². The van der Waals surface area contributed by atoms with E-state index in [4.69, 9.17) is 11.0 Å². The largest absolute Gasteiger partial charge is 0.366 e. The quantitative estimate of drug-likeness (QED) is 0.377. The van der Waals surface area contributed by atoms with E-state index in [1.807, 2.05) is 6.07 Å². The molecule has 1 unspecified atom stereocenters. The Balaban J connectivity index is 2.18. The van der Waals surface area contributed by atoms with Crippen LogP contribution in [0, 0.1) is 21.4 Å². The molecule has 3 N–H and O–H groups in total. The highest BCUT2D eigenvalue weighted by atomic mass is 32.2. The van der Waals surface area contributed by atoms with Gasteiger partial charge in [-0.25, -0.2) is 0 Å². The van der Waals surface area contributed by atoms with Gasteiger partial charge in [0, 0.05) is 29.2 Å². The van der Waals surface area contributed by atoms with E-state index in [1.54, 1.807) is 36.4 Å². The third kappa shape index (κ3) is 5.56. The monoisotopic (exact) mass is 398 g/mol. The van der Waals surface area contributed by atoms with Crippen molar-refractivity contribution in [1.82, 2.24) is 5.32 Å². The number of hydrogen-bond donors (Lipinski definition) is 2. The van der Waals surface area contributed by atoms with Gasteiger partial charge in [0.2, 0.25) is 11.8 Å². The lowest BCUT2D eigenvalue weighted by Gasteiger charge is -2.18. The fourth-order valence-electron chi connectivity index (χ4n) is 2.64. The first-order valence-corrected chi connectivity index (χ1v) is 9.44. The van der Waals surface area contributed by atoms with Crippen LogP contribution in [0.2, 0.25) is 0 Å². The lowest BCUT2D eigenvalue weighted by Crippen LogP contribution is -2.32. The number of thioether (sulfide) groups is 1. The molecule has 0 bridgehead atoms. The SMILES string of the molecule is N#CCNC(=O)C(CSCc1cccc([N+](=O)[O-])c1)c1ccccc1C(N)=O. The fraction of sp³-hybridized carbons (Fsp3) is 0.211. The molecule has 0 saturated carbocycles. The van der Waals surface area contributed by atoms with Crippen LogP contribution >= 0.6 is 11.8 Å². The third-order valence-corrected chi connectivity index (χ3v) is 5.04. The maximum Gasteiger partial charge on any atom is 0.269 e. The number of nitro groups is 1. The van der Waals surface area contributed by atoms with Crippen molar-refractivity contribution >= 4 is 29.3 Å². The summed E-state index contributed by atoms with van der Waals surface area (Å²) in [6.45, 7) is -0.149. The maximum absolute atomic E-state index is 12.5. The second kappa shape index (κ2) is 10.1. The highest BCUT2D eigenvalue weighted by Gasteiger charge is 2.24. The number of rotatable bonds is 9. The highest BCUT2D eigenvalue weighted by molar-refractivity contribution is 7.98. The number of hydrogen-bond acceptors (Lipinski definition) is 6.